The van der Waals surface area contributed by atoms with Gasteiger partial charge in [0.25, 0.3) is 0 Å². The van der Waals surface area contributed by atoms with Crippen LogP contribution in [-0.4, -0.2) is 22.4 Å². The largest absolute Gasteiger partial charge is 0.416 e. The van der Waals surface area contributed by atoms with Crippen molar-refractivity contribution in [2.75, 3.05) is 17.2 Å². The number of urea groups is 1. The number of allylic oxidation sites excluding steroid dienone is 6. The molecule has 3 N–H and O–H groups in total. The molecule has 1 aromatic carbocycles. The molecule has 1 aliphatic carbocycles. The van der Waals surface area contributed by atoms with E-state index in [-0.39, 0.29) is 10.7 Å². The molecule has 33 heavy (non-hydrogen) atoms. The van der Waals surface area contributed by atoms with Gasteiger partial charge in [-0.3, -0.25) is 5.32 Å². The van der Waals surface area contributed by atoms with Crippen LogP contribution in [0.1, 0.15) is 24.1 Å². The molecule has 2 amide bonds. The molecular formula is C22H18BrClF3N5O. The van der Waals surface area contributed by atoms with Crippen molar-refractivity contribution in [3.63, 3.8) is 0 Å². The van der Waals surface area contributed by atoms with Gasteiger partial charge in [-0.05, 0) is 59.4 Å². The summed E-state index contributed by atoms with van der Waals surface area (Å²) >= 11 is 9.28. The Labute approximate surface area is 201 Å². The van der Waals surface area contributed by atoms with Crippen molar-refractivity contribution in [3.05, 3.63) is 75.5 Å². The summed E-state index contributed by atoms with van der Waals surface area (Å²) in [5, 5.41) is 12.7. The van der Waals surface area contributed by atoms with Crippen LogP contribution in [0.4, 0.5) is 29.5 Å². The van der Waals surface area contributed by atoms with E-state index in [1.807, 2.05) is 30.5 Å². The fourth-order valence-corrected chi connectivity index (χ4v) is 3.93. The Morgan fingerprint density at radius 1 is 1.12 bits per heavy atom. The van der Waals surface area contributed by atoms with Crippen LogP contribution >= 0.6 is 27.5 Å². The Kier molecular flexibility index (Phi) is 6.66. The summed E-state index contributed by atoms with van der Waals surface area (Å²) < 4.78 is 41.9. The van der Waals surface area contributed by atoms with Gasteiger partial charge in [0, 0.05) is 29.0 Å². The summed E-state index contributed by atoms with van der Waals surface area (Å²) in [5.74, 6) is 0.383. The number of halogens is 5. The maximum absolute atomic E-state index is 13.1. The second-order valence-corrected chi connectivity index (χ2v) is 8.79. The van der Waals surface area contributed by atoms with Crippen LogP contribution in [0.15, 0.2) is 59.3 Å². The number of hydrogen-bond acceptors (Lipinski definition) is 3. The molecule has 0 atom stereocenters. The number of dihydropyridines is 1. The molecule has 4 rings (SSSR count). The molecule has 0 spiro atoms. The summed E-state index contributed by atoms with van der Waals surface area (Å²) in [4.78, 5) is 12.7. The molecule has 0 radical (unpaired) electrons. The first-order chi connectivity index (χ1) is 15.7. The van der Waals surface area contributed by atoms with E-state index in [1.165, 1.54) is 6.07 Å². The second kappa shape index (κ2) is 9.48. The van der Waals surface area contributed by atoms with Gasteiger partial charge in [0.15, 0.2) is 0 Å². The number of benzene rings is 1. The third-order valence-electron chi connectivity index (χ3n) is 4.92. The van der Waals surface area contributed by atoms with Crippen LogP contribution in [0, 0.1) is 0 Å². The molecule has 2 aromatic rings. The molecule has 2 heterocycles. The number of alkyl halides is 3. The van der Waals surface area contributed by atoms with Crippen molar-refractivity contribution in [3.8, 4) is 0 Å². The van der Waals surface area contributed by atoms with Crippen molar-refractivity contribution in [1.29, 1.82) is 0 Å². The number of nitrogens with zero attached hydrogens (tertiary/aromatic N) is 2. The van der Waals surface area contributed by atoms with Gasteiger partial charge in [0.05, 0.1) is 11.3 Å². The van der Waals surface area contributed by atoms with Gasteiger partial charge >= 0.3 is 12.2 Å². The van der Waals surface area contributed by atoms with Crippen LogP contribution in [0.5, 0.6) is 0 Å². The van der Waals surface area contributed by atoms with E-state index in [9.17, 15) is 18.0 Å². The zero-order valence-corrected chi connectivity index (χ0v) is 19.4. The normalized spacial score (nSPS) is 15.8. The Balaban J connectivity index is 1.61. The van der Waals surface area contributed by atoms with E-state index in [0.717, 1.165) is 34.3 Å². The molecule has 0 saturated carbocycles. The Bertz CT molecular complexity index is 1210. The van der Waals surface area contributed by atoms with Crippen LogP contribution < -0.4 is 16.0 Å². The van der Waals surface area contributed by atoms with E-state index in [4.69, 9.17) is 11.6 Å². The third kappa shape index (κ3) is 5.69. The van der Waals surface area contributed by atoms with Gasteiger partial charge in [-0.15, -0.1) is 0 Å². The summed E-state index contributed by atoms with van der Waals surface area (Å²) in [6.45, 7) is 0.576. The maximum Gasteiger partial charge on any atom is 0.416 e. The topological polar surface area (TPSA) is 71.0 Å². The van der Waals surface area contributed by atoms with E-state index in [0.29, 0.717) is 24.5 Å². The maximum atomic E-state index is 13.1. The number of nitrogens with one attached hydrogen (secondary N) is 3. The molecule has 0 saturated heterocycles. The van der Waals surface area contributed by atoms with Gasteiger partial charge in [-0.2, -0.15) is 18.3 Å². The molecule has 0 unspecified atom stereocenters. The molecule has 11 heteroatoms. The smallest absolute Gasteiger partial charge is 0.387 e. The Hall–Kier alpha value is -2.98. The van der Waals surface area contributed by atoms with Gasteiger partial charge in [-0.25, -0.2) is 9.48 Å². The predicted molar refractivity (Wildman–Crippen MR) is 127 cm³/mol. The number of amides is 2. The molecular weight excluding hydrogens is 523 g/mol. The summed E-state index contributed by atoms with van der Waals surface area (Å²) in [7, 11) is 0. The lowest BCUT2D eigenvalue weighted by Crippen LogP contribution is -2.22. The average molecular weight is 541 g/mol. The highest BCUT2D eigenvalue weighted by Gasteiger charge is 2.31. The number of hydrogen-bond donors (Lipinski definition) is 3. The Morgan fingerprint density at radius 3 is 2.61 bits per heavy atom. The number of carbonyl (C=O) groups is 1. The quantitative estimate of drug-likeness (QED) is 0.409. The molecule has 1 aliphatic heterocycles. The Morgan fingerprint density at radius 2 is 1.94 bits per heavy atom. The number of anilines is 2. The summed E-state index contributed by atoms with van der Waals surface area (Å²) in [5.41, 5.74) is 1.43. The zero-order chi connectivity index (χ0) is 23.6. The summed E-state index contributed by atoms with van der Waals surface area (Å²) in [6, 6.07) is 3.87. The number of rotatable bonds is 4. The molecule has 1 aromatic heterocycles. The van der Waals surface area contributed by atoms with Crippen molar-refractivity contribution in [2.45, 2.75) is 19.0 Å². The molecule has 0 fully saturated rings. The van der Waals surface area contributed by atoms with Gasteiger partial charge in [-0.1, -0.05) is 39.7 Å². The average Bonchev–Trinajstić information content (AvgIpc) is 3.17. The lowest BCUT2D eigenvalue weighted by molar-refractivity contribution is -0.137. The molecule has 2 aliphatic rings. The molecule has 172 valence electrons. The highest BCUT2D eigenvalue weighted by atomic mass is 79.9. The SMILES string of the molecule is O=C(Nc1cc(Cl)cc(C(F)(F)F)c1)Nc1cc(C2=CC=CNC2)nn1C1=CC=C(Br)CC1. The van der Waals surface area contributed by atoms with E-state index >= 15 is 0 Å². The van der Waals surface area contributed by atoms with Crippen LogP contribution in [0.25, 0.3) is 11.3 Å². The number of carbonyl (C=O) groups excluding carboxylic acids is 1. The lowest BCUT2D eigenvalue weighted by Gasteiger charge is -2.15. The van der Waals surface area contributed by atoms with Crippen molar-refractivity contribution >= 4 is 56.3 Å². The fourth-order valence-electron chi connectivity index (χ4n) is 3.36. The van der Waals surface area contributed by atoms with Crippen LogP contribution in [0.3, 0.4) is 0 Å². The van der Waals surface area contributed by atoms with Gasteiger partial charge < -0.3 is 10.6 Å². The lowest BCUT2D eigenvalue weighted by atomic mass is 10.1. The van der Waals surface area contributed by atoms with Gasteiger partial charge in [0.2, 0.25) is 0 Å². The first kappa shape index (κ1) is 23.2. The van der Waals surface area contributed by atoms with E-state index in [2.05, 4.69) is 37.0 Å². The minimum Gasteiger partial charge on any atom is -0.387 e. The fraction of sp³-hybridized carbons (Fsp3) is 0.182. The predicted octanol–water partition coefficient (Wildman–Crippen LogP) is 6.61. The minimum absolute atomic E-state index is 0.0771. The monoisotopic (exact) mass is 539 g/mol. The highest BCUT2D eigenvalue weighted by molar-refractivity contribution is 9.11. The van der Waals surface area contributed by atoms with Crippen molar-refractivity contribution in [1.82, 2.24) is 15.1 Å². The first-order valence-electron chi connectivity index (χ1n) is 9.90. The number of aromatic nitrogens is 2. The van der Waals surface area contributed by atoms with Crippen molar-refractivity contribution in [2.24, 2.45) is 0 Å². The van der Waals surface area contributed by atoms with Gasteiger partial charge in [0.1, 0.15) is 5.82 Å². The van der Waals surface area contributed by atoms with Crippen LogP contribution in [-0.2, 0) is 6.18 Å². The third-order valence-corrected chi connectivity index (χ3v) is 5.79. The second-order valence-electron chi connectivity index (χ2n) is 7.34. The molecule has 0 bridgehead atoms. The molecule has 6 nitrogen and oxygen atoms in total. The van der Waals surface area contributed by atoms with E-state index < -0.39 is 17.8 Å². The standard InChI is InChI=1S/C22H18BrClF3N5O/c23-15-3-5-18(6-4-15)32-20(11-19(31-32)13-2-1-7-28-12-13)30-21(33)29-17-9-14(22(25,26)27)8-16(24)10-17/h1-3,5,7-11,28H,4,6,12H2,(H2,29,30,33). The zero-order valence-electron chi connectivity index (χ0n) is 17.0. The highest BCUT2D eigenvalue weighted by Crippen LogP contribution is 2.34. The van der Waals surface area contributed by atoms with E-state index in [1.54, 1.807) is 10.7 Å². The minimum atomic E-state index is -4.59. The van der Waals surface area contributed by atoms with Crippen molar-refractivity contribution < 1.29 is 18.0 Å². The summed E-state index contributed by atoms with van der Waals surface area (Å²) in [6.07, 6.45) is 6.29. The van der Waals surface area contributed by atoms with Crippen LogP contribution in [0.2, 0.25) is 5.02 Å². The first-order valence-corrected chi connectivity index (χ1v) is 11.1.